The van der Waals surface area contributed by atoms with Crippen LogP contribution in [0.4, 0.5) is 0 Å². The Bertz CT molecular complexity index is 262. The van der Waals surface area contributed by atoms with Gasteiger partial charge in [-0.1, -0.05) is 0 Å². The van der Waals surface area contributed by atoms with Crippen molar-refractivity contribution in [1.29, 1.82) is 0 Å². The van der Waals surface area contributed by atoms with E-state index < -0.39 is 8.56 Å². The third-order valence-corrected chi connectivity index (χ3v) is 11.2. The van der Waals surface area contributed by atoms with Gasteiger partial charge in [0, 0.05) is 24.3 Å². The van der Waals surface area contributed by atoms with Crippen LogP contribution in [0, 0.1) is 11.8 Å². The van der Waals surface area contributed by atoms with Crippen LogP contribution < -0.4 is 0 Å². The summed E-state index contributed by atoms with van der Waals surface area (Å²) in [5.41, 5.74) is 0. The van der Waals surface area contributed by atoms with Gasteiger partial charge in [-0.15, -0.1) is 0 Å². The van der Waals surface area contributed by atoms with Gasteiger partial charge in [-0.3, -0.25) is 0 Å². The molecular weight excluding hydrogens is 204 g/mol. The lowest BCUT2D eigenvalue weighted by atomic mass is 9.53. The standard InChI is InChI=1S/C12H20O2Si/c1-13-15(14-2,11-3-9(4-11)5-11)12-6-10(7-12)8-12/h9-10H,3-8H2,1-2H3. The van der Waals surface area contributed by atoms with Crippen LogP contribution in [0.2, 0.25) is 10.1 Å². The Morgan fingerprint density at radius 2 is 1.13 bits per heavy atom. The lowest BCUT2D eigenvalue weighted by Crippen LogP contribution is -2.76. The van der Waals surface area contributed by atoms with E-state index in [1.54, 1.807) is 0 Å². The molecule has 0 aromatic carbocycles. The summed E-state index contributed by atoms with van der Waals surface area (Å²) in [6, 6.07) is 0. The Kier molecular flexibility index (Phi) is 1.45. The van der Waals surface area contributed by atoms with Crippen LogP contribution in [-0.4, -0.2) is 22.8 Å². The summed E-state index contributed by atoms with van der Waals surface area (Å²) < 4.78 is 12.2. The monoisotopic (exact) mass is 224 g/mol. The summed E-state index contributed by atoms with van der Waals surface area (Å²) in [4.78, 5) is 0. The molecule has 4 bridgehead atoms. The molecule has 6 aliphatic carbocycles. The van der Waals surface area contributed by atoms with E-state index in [-0.39, 0.29) is 0 Å². The zero-order valence-corrected chi connectivity index (χ0v) is 10.7. The maximum Gasteiger partial charge on any atom is 0.350 e. The van der Waals surface area contributed by atoms with Crippen molar-refractivity contribution in [2.24, 2.45) is 11.8 Å². The van der Waals surface area contributed by atoms with Gasteiger partial charge in [-0.25, -0.2) is 0 Å². The lowest BCUT2D eigenvalue weighted by Gasteiger charge is -2.77. The molecule has 0 aliphatic heterocycles. The molecule has 6 aliphatic rings. The van der Waals surface area contributed by atoms with Gasteiger partial charge in [0.15, 0.2) is 0 Å². The van der Waals surface area contributed by atoms with E-state index in [1.165, 1.54) is 38.5 Å². The van der Waals surface area contributed by atoms with Crippen molar-refractivity contribution in [3.8, 4) is 0 Å². The van der Waals surface area contributed by atoms with Crippen molar-refractivity contribution in [2.45, 2.75) is 48.6 Å². The van der Waals surface area contributed by atoms with Gasteiger partial charge in [0.1, 0.15) is 0 Å². The minimum atomic E-state index is -1.89. The molecule has 0 heterocycles. The van der Waals surface area contributed by atoms with Crippen molar-refractivity contribution in [1.82, 2.24) is 0 Å². The van der Waals surface area contributed by atoms with E-state index in [9.17, 15) is 0 Å². The molecular formula is C12H20O2Si. The molecule has 0 aromatic heterocycles. The molecule has 0 spiro atoms. The van der Waals surface area contributed by atoms with E-state index in [1.807, 2.05) is 14.2 Å². The maximum absolute atomic E-state index is 6.09. The molecule has 0 aromatic rings. The van der Waals surface area contributed by atoms with E-state index >= 15 is 0 Å². The number of hydrogen-bond donors (Lipinski definition) is 0. The van der Waals surface area contributed by atoms with Crippen molar-refractivity contribution in [3.05, 3.63) is 0 Å². The number of hydrogen-bond acceptors (Lipinski definition) is 2. The average Bonchev–Trinajstić information content (AvgIpc) is 1.90. The molecule has 2 nitrogen and oxygen atoms in total. The second-order valence-electron chi connectivity index (χ2n) is 6.54. The molecule has 6 fully saturated rings. The molecule has 0 atom stereocenters. The van der Waals surface area contributed by atoms with Gasteiger partial charge in [0.05, 0.1) is 0 Å². The molecule has 6 rings (SSSR count). The second-order valence-corrected chi connectivity index (χ2v) is 10.7. The molecule has 6 saturated carbocycles. The SMILES string of the molecule is CO[Si](OC)(C12CC(C1)C2)C12CC(C1)C2. The predicted octanol–water partition coefficient (Wildman–Crippen LogP) is 2.83. The van der Waals surface area contributed by atoms with Gasteiger partial charge >= 0.3 is 8.56 Å². The Balaban J connectivity index is 1.72. The van der Waals surface area contributed by atoms with E-state index in [4.69, 9.17) is 8.85 Å². The van der Waals surface area contributed by atoms with Crippen LogP contribution in [0.15, 0.2) is 0 Å². The highest BCUT2D eigenvalue weighted by atomic mass is 28.4. The van der Waals surface area contributed by atoms with Gasteiger partial charge in [0.2, 0.25) is 0 Å². The molecule has 0 radical (unpaired) electrons. The fourth-order valence-corrected chi connectivity index (χ4v) is 11.6. The van der Waals surface area contributed by atoms with Gasteiger partial charge in [0.25, 0.3) is 0 Å². The summed E-state index contributed by atoms with van der Waals surface area (Å²) in [7, 11) is 1.96. The van der Waals surface area contributed by atoms with Crippen LogP contribution in [0.1, 0.15) is 38.5 Å². The first kappa shape index (κ1) is 9.20. The summed E-state index contributed by atoms with van der Waals surface area (Å²) in [6.07, 6.45) is 8.54. The Morgan fingerprint density at radius 1 is 0.800 bits per heavy atom. The van der Waals surface area contributed by atoms with Crippen LogP contribution >= 0.6 is 0 Å². The molecule has 15 heavy (non-hydrogen) atoms. The topological polar surface area (TPSA) is 18.5 Å². The van der Waals surface area contributed by atoms with Crippen LogP contribution in [0.3, 0.4) is 0 Å². The largest absolute Gasteiger partial charge is 0.397 e. The van der Waals surface area contributed by atoms with Crippen molar-refractivity contribution in [3.63, 3.8) is 0 Å². The minimum absolute atomic E-state index is 0.548. The van der Waals surface area contributed by atoms with Gasteiger partial charge in [-0.05, 0) is 50.4 Å². The first-order valence-corrected chi connectivity index (χ1v) is 8.11. The first-order chi connectivity index (χ1) is 7.19. The first-order valence-electron chi connectivity index (χ1n) is 6.30. The third kappa shape index (κ3) is 0.711. The lowest BCUT2D eigenvalue weighted by molar-refractivity contribution is -0.0735. The zero-order valence-electron chi connectivity index (χ0n) is 9.71. The van der Waals surface area contributed by atoms with Crippen molar-refractivity contribution in [2.75, 3.05) is 14.2 Å². The molecule has 0 saturated heterocycles. The molecule has 84 valence electrons. The Labute approximate surface area is 92.6 Å². The fourth-order valence-electron chi connectivity index (χ4n) is 5.27. The Morgan fingerprint density at radius 3 is 1.27 bits per heavy atom. The summed E-state index contributed by atoms with van der Waals surface area (Å²) in [6.45, 7) is 0. The molecule has 0 unspecified atom stereocenters. The summed E-state index contributed by atoms with van der Waals surface area (Å²) >= 11 is 0. The van der Waals surface area contributed by atoms with Crippen molar-refractivity contribution >= 4 is 8.56 Å². The summed E-state index contributed by atoms with van der Waals surface area (Å²) in [5.74, 6) is 2.07. The predicted molar refractivity (Wildman–Crippen MR) is 59.8 cm³/mol. The second kappa shape index (κ2) is 2.36. The quantitative estimate of drug-likeness (QED) is 0.684. The maximum atomic E-state index is 6.09. The normalized spacial score (nSPS) is 54.8. The minimum Gasteiger partial charge on any atom is -0.397 e. The fraction of sp³-hybridized carbons (Fsp3) is 1.00. The molecule has 0 N–H and O–H groups in total. The van der Waals surface area contributed by atoms with Crippen LogP contribution in [0.5, 0.6) is 0 Å². The molecule has 3 heteroatoms. The summed E-state index contributed by atoms with van der Waals surface area (Å²) in [5, 5.41) is 1.10. The van der Waals surface area contributed by atoms with Gasteiger partial charge in [-0.2, -0.15) is 0 Å². The highest BCUT2D eigenvalue weighted by molar-refractivity contribution is 6.75. The zero-order chi connectivity index (χ0) is 10.3. The van der Waals surface area contributed by atoms with Crippen LogP contribution in [-0.2, 0) is 8.85 Å². The van der Waals surface area contributed by atoms with E-state index in [0.717, 1.165) is 11.8 Å². The van der Waals surface area contributed by atoms with E-state index in [0.29, 0.717) is 10.1 Å². The molecule has 0 amide bonds. The average molecular weight is 224 g/mol. The van der Waals surface area contributed by atoms with Gasteiger partial charge < -0.3 is 8.85 Å². The highest BCUT2D eigenvalue weighted by Gasteiger charge is 2.82. The van der Waals surface area contributed by atoms with E-state index in [2.05, 4.69) is 0 Å². The third-order valence-electron chi connectivity index (χ3n) is 6.05. The Hall–Kier alpha value is 0.137. The van der Waals surface area contributed by atoms with Crippen LogP contribution in [0.25, 0.3) is 0 Å². The van der Waals surface area contributed by atoms with Crippen molar-refractivity contribution < 1.29 is 8.85 Å². The number of rotatable bonds is 4. The smallest absolute Gasteiger partial charge is 0.350 e. The highest BCUT2D eigenvalue weighted by Crippen LogP contribution is 2.86.